The molecule has 0 aliphatic rings. The second-order valence-corrected chi connectivity index (χ2v) is 9.53. The maximum atomic E-state index is 11.5. The number of carboxylic acid groups (broad SMARTS) is 1. The van der Waals surface area contributed by atoms with Crippen LogP contribution < -0.4 is 8.70 Å². The number of nitrogens with zero attached hydrogens (tertiary/aromatic N) is 2. The van der Waals surface area contributed by atoms with Gasteiger partial charge in [-0.2, -0.15) is 0 Å². The number of aromatic nitrogens is 1. The monoisotopic (exact) mass is 462 g/mol. The first-order valence-electron chi connectivity index (χ1n) is 8.88. The molecule has 1 aromatic heterocycles. The number of halogens is 1. The molecule has 4 rings (SSSR count). The number of aliphatic imine (C=N–C) groups is 1. The number of hydrogen-bond donors (Lipinski definition) is 1. The molecule has 0 aliphatic carbocycles. The average Bonchev–Trinajstić information content (AvgIpc) is 2.74. The van der Waals surface area contributed by atoms with E-state index in [1.54, 1.807) is 18.3 Å². The van der Waals surface area contributed by atoms with E-state index in [4.69, 9.17) is 16.6 Å². The van der Waals surface area contributed by atoms with Gasteiger partial charge in [0.2, 0.25) is 0 Å². The normalized spacial score (nSPS) is 11.6. The molecule has 1 unspecified atom stereocenters. The van der Waals surface area contributed by atoms with E-state index >= 15 is 0 Å². The standard InChI is InChI=1S/C23H16AsClN2O2/c25-16-9-10-20(24-19-7-3-1-6-18(19)23(28)29)22(13-16)27-14-15-11-12-26-21-8-4-2-5-17(15)21/h1-14,24H,(H,28,29)/b27-14+. The first-order chi connectivity index (χ1) is 14.1. The van der Waals surface area contributed by atoms with Crippen molar-refractivity contribution < 1.29 is 9.90 Å². The van der Waals surface area contributed by atoms with E-state index in [0.717, 1.165) is 30.9 Å². The molecule has 0 saturated heterocycles. The topological polar surface area (TPSA) is 62.5 Å². The minimum absolute atomic E-state index is 0.345. The Morgan fingerprint density at radius 1 is 1.00 bits per heavy atom. The van der Waals surface area contributed by atoms with Crippen molar-refractivity contribution >= 4 is 64.8 Å². The second kappa shape index (κ2) is 8.60. The molecular formula is C23H16AsClN2O2. The third-order valence-electron chi connectivity index (χ3n) is 4.41. The molecule has 0 radical (unpaired) electrons. The van der Waals surface area contributed by atoms with E-state index in [1.165, 1.54) is 0 Å². The summed E-state index contributed by atoms with van der Waals surface area (Å²) in [6, 6.07) is 22.6. The van der Waals surface area contributed by atoms with Crippen LogP contribution in [0.25, 0.3) is 10.9 Å². The summed E-state index contributed by atoms with van der Waals surface area (Å²) < 4.78 is 1.88. The molecule has 1 atom stereocenters. The molecule has 0 fully saturated rings. The Morgan fingerprint density at radius 3 is 2.66 bits per heavy atom. The molecule has 1 N–H and O–H groups in total. The van der Waals surface area contributed by atoms with Crippen LogP contribution in [0.1, 0.15) is 15.9 Å². The van der Waals surface area contributed by atoms with Gasteiger partial charge in [0, 0.05) is 0 Å². The first kappa shape index (κ1) is 19.4. The van der Waals surface area contributed by atoms with E-state index < -0.39 is 21.7 Å². The minimum atomic E-state index is -0.911. The van der Waals surface area contributed by atoms with E-state index in [-0.39, 0.29) is 0 Å². The molecule has 1 heterocycles. The van der Waals surface area contributed by atoms with Crippen LogP contribution in [-0.2, 0) is 0 Å². The number of pyridine rings is 1. The van der Waals surface area contributed by atoms with Gasteiger partial charge in [0.1, 0.15) is 0 Å². The average molecular weight is 463 g/mol. The third-order valence-corrected chi connectivity index (χ3v) is 7.58. The van der Waals surface area contributed by atoms with Crippen molar-refractivity contribution in [1.29, 1.82) is 0 Å². The van der Waals surface area contributed by atoms with E-state index in [9.17, 15) is 9.90 Å². The predicted octanol–water partition coefficient (Wildman–Crippen LogP) is 3.72. The molecule has 0 spiro atoms. The van der Waals surface area contributed by atoms with Crippen molar-refractivity contribution in [2.45, 2.75) is 0 Å². The number of fused-ring (bicyclic) bond motifs is 1. The molecule has 0 aliphatic heterocycles. The van der Waals surface area contributed by atoms with Gasteiger partial charge in [0.15, 0.2) is 0 Å². The summed E-state index contributed by atoms with van der Waals surface area (Å²) in [4.78, 5) is 20.6. The molecular weight excluding hydrogens is 447 g/mol. The fourth-order valence-corrected chi connectivity index (χ4v) is 5.75. The van der Waals surface area contributed by atoms with Gasteiger partial charge in [-0.05, 0) is 0 Å². The van der Waals surface area contributed by atoms with Crippen LogP contribution in [0.5, 0.6) is 0 Å². The van der Waals surface area contributed by atoms with E-state index in [1.807, 2.05) is 66.9 Å². The van der Waals surface area contributed by atoms with Crippen molar-refractivity contribution in [2.75, 3.05) is 0 Å². The fourth-order valence-electron chi connectivity index (χ4n) is 3.01. The molecule has 142 valence electrons. The summed E-state index contributed by atoms with van der Waals surface area (Å²) in [7, 11) is 0. The molecule has 6 heteroatoms. The second-order valence-electron chi connectivity index (χ2n) is 6.31. The summed E-state index contributed by atoms with van der Waals surface area (Å²) in [5, 5.41) is 11.1. The van der Waals surface area contributed by atoms with Gasteiger partial charge in [0.25, 0.3) is 0 Å². The zero-order valence-corrected chi connectivity index (χ0v) is 18.1. The van der Waals surface area contributed by atoms with Crippen LogP contribution in [0.4, 0.5) is 5.69 Å². The quantitative estimate of drug-likeness (QED) is 0.363. The summed E-state index contributed by atoms with van der Waals surface area (Å²) in [6.45, 7) is 0. The van der Waals surface area contributed by atoms with E-state index in [2.05, 4.69) is 4.98 Å². The molecule has 29 heavy (non-hydrogen) atoms. The Balaban J connectivity index is 1.73. The fraction of sp³-hybridized carbons (Fsp3) is 0. The van der Waals surface area contributed by atoms with E-state index in [0.29, 0.717) is 10.6 Å². The maximum absolute atomic E-state index is 11.5. The van der Waals surface area contributed by atoms with Crippen molar-refractivity contribution in [2.24, 2.45) is 4.99 Å². The summed E-state index contributed by atoms with van der Waals surface area (Å²) in [6.07, 6.45) is 3.58. The van der Waals surface area contributed by atoms with Gasteiger partial charge in [-0.25, -0.2) is 0 Å². The number of aromatic carboxylic acids is 1. The van der Waals surface area contributed by atoms with Crippen LogP contribution in [-0.4, -0.2) is 38.0 Å². The number of benzene rings is 3. The molecule has 3 aromatic carbocycles. The third kappa shape index (κ3) is 4.40. The van der Waals surface area contributed by atoms with Crippen LogP contribution in [0.3, 0.4) is 0 Å². The SMILES string of the molecule is O=C(O)c1ccccc1[AsH]c1ccc(Cl)cc1/N=C/c1ccnc2ccccc12. The zero-order valence-electron chi connectivity index (χ0n) is 15.2. The van der Waals surface area contributed by atoms with Gasteiger partial charge in [-0.1, -0.05) is 0 Å². The molecule has 4 nitrogen and oxygen atoms in total. The molecule has 4 aromatic rings. The number of hydrogen-bond acceptors (Lipinski definition) is 3. The van der Waals surface area contributed by atoms with Crippen LogP contribution >= 0.6 is 11.6 Å². The van der Waals surface area contributed by atoms with Crippen molar-refractivity contribution in [3.8, 4) is 0 Å². The van der Waals surface area contributed by atoms with Crippen LogP contribution in [0.15, 0.2) is 84.0 Å². The number of carbonyl (C=O) groups is 1. The summed E-state index contributed by atoms with van der Waals surface area (Å²) in [5.41, 5.74) is 2.98. The van der Waals surface area contributed by atoms with Gasteiger partial charge in [-0.15, -0.1) is 0 Å². The summed E-state index contributed by atoms with van der Waals surface area (Å²) in [5.74, 6) is -0.911. The molecule has 0 saturated carbocycles. The number of rotatable bonds is 5. The van der Waals surface area contributed by atoms with Crippen LogP contribution in [0, 0.1) is 0 Å². The number of para-hydroxylation sites is 1. The Morgan fingerprint density at radius 2 is 1.79 bits per heavy atom. The predicted molar refractivity (Wildman–Crippen MR) is 120 cm³/mol. The Labute approximate surface area is 179 Å². The Bertz CT molecular complexity index is 1240. The summed E-state index contributed by atoms with van der Waals surface area (Å²) >= 11 is 5.31. The molecule has 0 amide bonds. The number of carboxylic acids is 1. The zero-order chi connectivity index (χ0) is 20.2. The van der Waals surface area contributed by atoms with Crippen molar-refractivity contribution in [1.82, 2.24) is 4.98 Å². The Hall–Kier alpha value is -2.94. The Kier molecular flexibility index (Phi) is 5.75. The molecule has 0 bridgehead atoms. The van der Waals surface area contributed by atoms with Crippen molar-refractivity contribution in [3.05, 3.63) is 95.1 Å². The van der Waals surface area contributed by atoms with Gasteiger partial charge in [-0.3, -0.25) is 0 Å². The van der Waals surface area contributed by atoms with Crippen LogP contribution in [0.2, 0.25) is 5.02 Å². The first-order valence-corrected chi connectivity index (χ1v) is 11.4. The van der Waals surface area contributed by atoms with Gasteiger partial charge in [0.05, 0.1) is 0 Å². The van der Waals surface area contributed by atoms with Gasteiger partial charge >= 0.3 is 180 Å². The van der Waals surface area contributed by atoms with Crippen molar-refractivity contribution in [3.63, 3.8) is 0 Å². The van der Waals surface area contributed by atoms with Gasteiger partial charge < -0.3 is 0 Å².